The fraction of sp³-hybridized carbons (Fsp3) is 1.00. The van der Waals surface area contributed by atoms with Crippen molar-refractivity contribution in [2.45, 2.75) is 12.3 Å². The summed E-state index contributed by atoms with van der Waals surface area (Å²) in [7, 11) is 0. The van der Waals surface area contributed by atoms with Gasteiger partial charge in [0.2, 0.25) is 0 Å². The first kappa shape index (κ1) is 10.6. The Morgan fingerprint density at radius 2 is 1.82 bits per heavy atom. The van der Waals surface area contributed by atoms with Crippen LogP contribution in [0.1, 0.15) is 0 Å². The van der Waals surface area contributed by atoms with Gasteiger partial charge in [0.15, 0.2) is 12.8 Å². The highest BCUT2D eigenvalue weighted by molar-refractivity contribution is 4.54. The van der Waals surface area contributed by atoms with Crippen LogP contribution in [0.2, 0.25) is 0 Å². The zero-order chi connectivity index (χ0) is 8.91. The molecule has 0 rings (SSSR count). The van der Waals surface area contributed by atoms with Crippen LogP contribution in [0.3, 0.4) is 0 Å². The highest BCUT2D eigenvalue weighted by Crippen LogP contribution is 2.16. The van der Waals surface area contributed by atoms with Crippen molar-refractivity contribution in [2.24, 2.45) is 0 Å². The summed E-state index contributed by atoms with van der Waals surface area (Å²) >= 11 is 0. The van der Waals surface area contributed by atoms with Crippen LogP contribution in [0, 0.1) is 0 Å². The number of hydrogen-bond acceptors (Lipinski definition) is 1. The first-order valence-corrected chi connectivity index (χ1v) is 2.79. The highest BCUT2D eigenvalue weighted by Gasteiger charge is 2.31. The van der Waals surface area contributed by atoms with Crippen LogP contribution in [0.5, 0.6) is 0 Å². The number of hydrogen-bond donors (Lipinski definition) is 0. The molecule has 0 N–H and O–H groups in total. The minimum Gasteiger partial charge on any atom is -0.315 e. The molecule has 0 aromatic carbocycles. The van der Waals surface area contributed by atoms with Gasteiger partial charge >= 0.3 is 6.11 Å². The van der Waals surface area contributed by atoms with Crippen LogP contribution < -0.4 is 0 Å². The van der Waals surface area contributed by atoms with Crippen LogP contribution in [-0.2, 0) is 4.74 Å². The number of ether oxygens (including phenoxy) is 1. The lowest BCUT2D eigenvalue weighted by molar-refractivity contribution is -0.252. The molecule has 0 aliphatic carbocycles. The van der Waals surface area contributed by atoms with Crippen LogP contribution in [0.4, 0.5) is 22.0 Å². The molecule has 0 amide bonds. The van der Waals surface area contributed by atoms with Crippen molar-refractivity contribution in [1.29, 1.82) is 0 Å². The second kappa shape index (κ2) is 4.48. The molecule has 0 saturated carbocycles. The van der Waals surface area contributed by atoms with Gasteiger partial charge in [0.25, 0.3) is 0 Å². The second-order valence-electron chi connectivity index (χ2n) is 1.83. The van der Waals surface area contributed by atoms with Crippen molar-refractivity contribution < 1.29 is 26.7 Å². The van der Waals surface area contributed by atoms with Crippen molar-refractivity contribution >= 4 is 0 Å². The quantitative estimate of drug-likeness (QED) is 0.584. The van der Waals surface area contributed by atoms with E-state index < -0.39 is 32.2 Å². The van der Waals surface area contributed by atoms with Gasteiger partial charge in [-0.3, -0.25) is 0 Å². The first-order valence-electron chi connectivity index (χ1n) is 2.79. The predicted octanol–water partition coefficient (Wildman–Crippen LogP) is 1.87. The molecule has 1 atom stereocenters. The van der Waals surface area contributed by atoms with Crippen LogP contribution in [-0.4, -0.2) is 32.2 Å². The molecule has 0 fully saturated rings. The molecule has 0 aliphatic rings. The van der Waals surface area contributed by atoms with Crippen LogP contribution >= 0.6 is 0 Å². The maximum absolute atomic E-state index is 11.8. The van der Waals surface area contributed by atoms with Crippen molar-refractivity contribution in [1.82, 2.24) is 0 Å². The molecule has 68 valence electrons. The number of alkyl halides is 5. The Morgan fingerprint density at radius 1 is 1.27 bits per heavy atom. The van der Waals surface area contributed by atoms with Gasteiger partial charge in [-0.25, -0.2) is 13.2 Å². The van der Waals surface area contributed by atoms with Gasteiger partial charge in [-0.05, 0) is 0 Å². The van der Waals surface area contributed by atoms with Crippen LogP contribution in [0.15, 0.2) is 0 Å². The normalized spacial score (nSPS) is 15.0. The molecule has 0 spiro atoms. The molecule has 1 unspecified atom stereocenters. The minimum absolute atomic E-state index is 1.13. The second-order valence-corrected chi connectivity index (χ2v) is 1.83. The topological polar surface area (TPSA) is 9.23 Å². The summed E-state index contributed by atoms with van der Waals surface area (Å²) in [6.45, 7) is -4.58. The van der Waals surface area contributed by atoms with E-state index in [1.807, 2.05) is 0 Å². The zero-order valence-electron chi connectivity index (χ0n) is 5.50. The average molecular weight is 178 g/mol. The van der Waals surface area contributed by atoms with E-state index in [1.54, 1.807) is 0 Å². The summed E-state index contributed by atoms with van der Waals surface area (Å²) in [6, 6.07) is 0. The van der Waals surface area contributed by atoms with Gasteiger partial charge in [-0.15, -0.1) is 0 Å². The SMILES string of the molecule is FCC(F)COC(F)(F)CF. The van der Waals surface area contributed by atoms with Gasteiger partial charge < -0.3 is 4.74 Å². The highest BCUT2D eigenvalue weighted by atomic mass is 19.3. The molecule has 0 aromatic heterocycles. The van der Waals surface area contributed by atoms with Crippen molar-refractivity contribution in [2.75, 3.05) is 20.0 Å². The molecule has 0 aliphatic heterocycles. The molecule has 0 radical (unpaired) electrons. The fourth-order valence-electron chi connectivity index (χ4n) is 0.295. The fourth-order valence-corrected chi connectivity index (χ4v) is 0.295. The van der Waals surface area contributed by atoms with Crippen LogP contribution in [0.25, 0.3) is 0 Å². The Balaban J connectivity index is 3.52. The molecule has 0 heterocycles. The van der Waals surface area contributed by atoms with E-state index in [9.17, 15) is 22.0 Å². The van der Waals surface area contributed by atoms with E-state index in [4.69, 9.17) is 0 Å². The van der Waals surface area contributed by atoms with Crippen molar-refractivity contribution in [3.05, 3.63) is 0 Å². The summed E-state index contributed by atoms with van der Waals surface area (Å²) in [5.74, 6) is 0. The first-order chi connectivity index (χ1) is 5.02. The predicted molar refractivity (Wildman–Crippen MR) is 27.7 cm³/mol. The lowest BCUT2D eigenvalue weighted by atomic mass is 10.4. The average Bonchev–Trinajstić information content (AvgIpc) is 2.00. The molecule has 6 heteroatoms. The van der Waals surface area contributed by atoms with E-state index in [1.165, 1.54) is 0 Å². The lowest BCUT2D eigenvalue weighted by Gasteiger charge is -2.13. The van der Waals surface area contributed by atoms with Gasteiger partial charge in [-0.2, -0.15) is 8.78 Å². The Bertz CT molecular complexity index is 107. The molecule has 0 bridgehead atoms. The molecule has 0 aromatic rings. The van der Waals surface area contributed by atoms with Crippen molar-refractivity contribution in [3.63, 3.8) is 0 Å². The summed E-state index contributed by atoms with van der Waals surface area (Å²) in [5.41, 5.74) is 0. The monoisotopic (exact) mass is 178 g/mol. The maximum atomic E-state index is 11.8. The number of rotatable bonds is 5. The Hall–Kier alpha value is -0.390. The van der Waals surface area contributed by atoms with E-state index >= 15 is 0 Å². The smallest absolute Gasteiger partial charge is 0.315 e. The standard InChI is InChI=1S/C5H7F5O/c6-1-4(8)2-11-5(9,10)3-7/h4H,1-3H2. The molecule has 11 heavy (non-hydrogen) atoms. The largest absolute Gasteiger partial charge is 0.384 e. The molecule has 0 saturated heterocycles. The summed E-state index contributed by atoms with van der Waals surface area (Å²) in [4.78, 5) is 0. The Labute approximate surface area is 60.1 Å². The minimum atomic E-state index is -4.00. The lowest BCUT2D eigenvalue weighted by Crippen LogP contribution is -2.27. The third kappa shape index (κ3) is 4.94. The van der Waals surface area contributed by atoms with Gasteiger partial charge in [0.1, 0.15) is 6.67 Å². The van der Waals surface area contributed by atoms with E-state index in [2.05, 4.69) is 4.74 Å². The zero-order valence-corrected chi connectivity index (χ0v) is 5.50. The Morgan fingerprint density at radius 3 is 2.18 bits per heavy atom. The van der Waals surface area contributed by atoms with E-state index in [0.29, 0.717) is 0 Å². The van der Waals surface area contributed by atoms with Gasteiger partial charge in [0.05, 0.1) is 6.61 Å². The molecular weight excluding hydrogens is 171 g/mol. The summed E-state index contributed by atoms with van der Waals surface area (Å²) in [5, 5.41) is 0. The molecule has 1 nitrogen and oxygen atoms in total. The van der Waals surface area contributed by atoms with Gasteiger partial charge in [-0.1, -0.05) is 0 Å². The third-order valence-electron chi connectivity index (χ3n) is 0.798. The Kier molecular flexibility index (Phi) is 4.32. The molecular formula is C5H7F5O. The maximum Gasteiger partial charge on any atom is 0.384 e. The van der Waals surface area contributed by atoms with E-state index in [0.717, 1.165) is 0 Å². The van der Waals surface area contributed by atoms with E-state index in [-0.39, 0.29) is 0 Å². The summed E-state index contributed by atoms with van der Waals surface area (Å²) in [6.07, 6.45) is -6.12. The van der Waals surface area contributed by atoms with Crippen molar-refractivity contribution in [3.8, 4) is 0 Å². The third-order valence-corrected chi connectivity index (χ3v) is 0.798. The van der Waals surface area contributed by atoms with Gasteiger partial charge in [0, 0.05) is 0 Å². The number of halogens is 5. The summed E-state index contributed by atoms with van der Waals surface area (Å²) < 4.78 is 61.3.